The van der Waals surface area contributed by atoms with E-state index < -0.39 is 5.41 Å². The van der Waals surface area contributed by atoms with Crippen molar-refractivity contribution < 1.29 is 4.79 Å². The summed E-state index contributed by atoms with van der Waals surface area (Å²) in [5.74, 6) is 0.0176. The third kappa shape index (κ3) is 3.73. The molecule has 0 N–H and O–H groups in total. The number of likely N-dealkylation sites (tertiary alicyclic amines) is 1. The molecular weight excluding hydrogens is 250 g/mol. The maximum Gasteiger partial charge on any atom is 0.242 e. The largest absolute Gasteiger partial charge is 0.343 e. The highest BCUT2D eigenvalue weighted by atomic mass is 16.2. The van der Waals surface area contributed by atoms with E-state index in [0.717, 1.165) is 32.4 Å². The number of hydrogen-bond donors (Lipinski definition) is 0. The van der Waals surface area contributed by atoms with Crippen molar-refractivity contribution in [2.45, 2.75) is 58.4 Å². The van der Waals surface area contributed by atoms with Crippen LogP contribution in [0.25, 0.3) is 0 Å². The number of amides is 1. The van der Waals surface area contributed by atoms with Crippen LogP contribution in [0.3, 0.4) is 0 Å². The lowest BCUT2D eigenvalue weighted by Gasteiger charge is -2.32. The molecule has 4 nitrogen and oxygen atoms in total. The summed E-state index contributed by atoms with van der Waals surface area (Å²) in [4.78, 5) is 16.9. The molecule has 1 amide bonds. The van der Waals surface area contributed by atoms with Gasteiger partial charge >= 0.3 is 0 Å². The molecule has 114 valence electrons. The average molecular weight is 279 g/mol. The minimum absolute atomic E-state index is 0.0176. The van der Waals surface area contributed by atoms with E-state index in [-0.39, 0.29) is 5.91 Å². The van der Waals surface area contributed by atoms with Gasteiger partial charge in [-0.05, 0) is 39.3 Å². The molecule has 0 radical (unpaired) electrons. The van der Waals surface area contributed by atoms with Gasteiger partial charge in [0.15, 0.2) is 0 Å². The van der Waals surface area contributed by atoms with Crippen molar-refractivity contribution in [2.24, 2.45) is 5.41 Å². The zero-order valence-electron chi connectivity index (χ0n) is 13.5. The fraction of sp³-hybridized carbons (Fsp3) is 0.875. The topological polar surface area (TPSA) is 47.3 Å². The summed E-state index contributed by atoms with van der Waals surface area (Å²) < 4.78 is 0. The summed E-state index contributed by atoms with van der Waals surface area (Å²) in [6.07, 6.45) is 5.43. The van der Waals surface area contributed by atoms with Crippen molar-refractivity contribution >= 4 is 5.91 Å². The maximum absolute atomic E-state index is 12.8. The number of rotatable bonds is 7. The van der Waals surface area contributed by atoms with Gasteiger partial charge in [-0.2, -0.15) is 5.26 Å². The van der Waals surface area contributed by atoms with E-state index in [2.05, 4.69) is 18.0 Å². The molecule has 0 bridgehead atoms. The van der Waals surface area contributed by atoms with Gasteiger partial charge in [-0.1, -0.05) is 26.7 Å². The molecular formula is C16H29N3O. The zero-order chi connectivity index (χ0) is 15.2. The van der Waals surface area contributed by atoms with Crippen LogP contribution >= 0.6 is 0 Å². The quantitative estimate of drug-likeness (QED) is 0.720. The van der Waals surface area contributed by atoms with E-state index in [1.807, 2.05) is 20.9 Å². The van der Waals surface area contributed by atoms with Crippen molar-refractivity contribution in [2.75, 3.05) is 27.2 Å². The number of likely N-dealkylation sites (N-methyl/N-ethyl adjacent to an activating group) is 2. The van der Waals surface area contributed by atoms with Gasteiger partial charge in [0, 0.05) is 19.6 Å². The van der Waals surface area contributed by atoms with Crippen LogP contribution in [0.1, 0.15) is 52.4 Å². The van der Waals surface area contributed by atoms with E-state index in [1.54, 1.807) is 4.90 Å². The summed E-state index contributed by atoms with van der Waals surface area (Å²) in [5, 5.41) is 9.56. The zero-order valence-corrected chi connectivity index (χ0v) is 13.5. The summed E-state index contributed by atoms with van der Waals surface area (Å²) in [6.45, 7) is 5.94. The van der Waals surface area contributed by atoms with Crippen molar-refractivity contribution in [3.8, 4) is 6.07 Å². The van der Waals surface area contributed by atoms with Gasteiger partial charge < -0.3 is 9.80 Å². The molecule has 1 unspecified atom stereocenters. The first kappa shape index (κ1) is 17.0. The predicted octanol–water partition coefficient (Wildman–Crippen LogP) is 2.65. The van der Waals surface area contributed by atoms with Crippen LogP contribution in [0.4, 0.5) is 0 Å². The van der Waals surface area contributed by atoms with Crippen molar-refractivity contribution in [3.63, 3.8) is 0 Å². The Balaban J connectivity index is 2.75. The second-order valence-corrected chi connectivity index (χ2v) is 6.16. The molecule has 1 atom stereocenters. The van der Waals surface area contributed by atoms with Gasteiger partial charge in [-0.15, -0.1) is 0 Å². The molecule has 1 saturated heterocycles. The molecule has 1 fully saturated rings. The second-order valence-electron chi connectivity index (χ2n) is 6.16. The summed E-state index contributed by atoms with van der Waals surface area (Å²) in [6, 6.07) is 2.78. The molecule has 0 saturated carbocycles. The molecule has 0 aromatic rings. The minimum atomic E-state index is -0.810. The number of carbonyl (C=O) groups excluding carboxylic acids is 1. The third-order valence-electron chi connectivity index (χ3n) is 4.48. The summed E-state index contributed by atoms with van der Waals surface area (Å²) in [7, 11) is 3.97. The van der Waals surface area contributed by atoms with E-state index in [4.69, 9.17) is 0 Å². The standard InChI is InChI=1S/C16H29N3O/c1-5-9-16(13-17,10-6-2)15(20)19(4)12-14-8-7-11-18(14)3/h14H,5-12H2,1-4H3. The smallest absolute Gasteiger partial charge is 0.242 e. The SMILES string of the molecule is CCCC(C#N)(CCC)C(=O)N(C)CC1CCCN1C. The van der Waals surface area contributed by atoms with Crippen molar-refractivity contribution in [1.82, 2.24) is 9.80 Å². The summed E-state index contributed by atoms with van der Waals surface area (Å²) in [5.41, 5.74) is -0.810. The highest BCUT2D eigenvalue weighted by Gasteiger charge is 2.39. The Morgan fingerprint density at radius 3 is 2.40 bits per heavy atom. The molecule has 1 rings (SSSR count). The number of carbonyl (C=O) groups is 1. The molecule has 1 aliphatic rings. The Kier molecular flexibility index (Phi) is 6.48. The first-order valence-electron chi connectivity index (χ1n) is 7.87. The first-order chi connectivity index (χ1) is 9.50. The van der Waals surface area contributed by atoms with Crippen molar-refractivity contribution in [1.29, 1.82) is 5.26 Å². The second kappa shape index (κ2) is 7.64. The van der Waals surface area contributed by atoms with Crippen LogP contribution in [-0.2, 0) is 4.79 Å². The van der Waals surface area contributed by atoms with E-state index in [1.165, 1.54) is 6.42 Å². The van der Waals surface area contributed by atoms with Crippen LogP contribution in [0.5, 0.6) is 0 Å². The number of nitrogens with zero attached hydrogens (tertiary/aromatic N) is 3. The van der Waals surface area contributed by atoms with Gasteiger partial charge in [0.05, 0.1) is 6.07 Å². The highest BCUT2D eigenvalue weighted by Crippen LogP contribution is 2.31. The van der Waals surface area contributed by atoms with Crippen LogP contribution in [0, 0.1) is 16.7 Å². The number of hydrogen-bond acceptors (Lipinski definition) is 3. The predicted molar refractivity (Wildman–Crippen MR) is 81.2 cm³/mol. The summed E-state index contributed by atoms with van der Waals surface area (Å²) >= 11 is 0. The third-order valence-corrected chi connectivity index (χ3v) is 4.48. The molecule has 0 spiro atoms. The lowest BCUT2D eigenvalue weighted by molar-refractivity contribution is -0.139. The normalized spacial score (nSPS) is 19.9. The Morgan fingerprint density at radius 2 is 2.00 bits per heavy atom. The lowest BCUT2D eigenvalue weighted by atomic mass is 9.79. The van der Waals surface area contributed by atoms with E-state index in [9.17, 15) is 10.1 Å². The molecule has 0 aromatic heterocycles. The van der Waals surface area contributed by atoms with Crippen LogP contribution in [-0.4, -0.2) is 48.9 Å². The van der Waals surface area contributed by atoms with Crippen LogP contribution < -0.4 is 0 Å². The van der Waals surface area contributed by atoms with Gasteiger partial charge in [-0.25, -0.2) is 0 Å². The number of nitriles is 1. The first-order valence-corrected chi connectivity index (χ1v) is 7.87. The lowest BCUT2D eigenvalue weighted by Crippen LogP contribution is -2.46. The molecule has 0 aliphatic carbocycles. The highest BCUT2D eigenvalue weighted by molar-refractivity contribution is 5.85. The molecule has 20 heavy (non-hydrogen) atoms. The Morgan fingerprint density at radius 1 is 1.40 bits per heavy atom. The van der Waals surface area contributed by atoms with Gasteiger partial charge in [0.1, 0.15) is 5.41 Å². The Bertz CT molecular complexity index is 355. The molecule has 1 aliphatic heterocycles. The van der Waals surface area contributed by atoms with Crippen LogP contribution in [0.15, 0.2) is 0 Å². The van der Waals surface area contributed by atoms with Gasteiger partial charge in [-0.3, -0.25) is 4.79 Å². The molecule has 0 aromatic carbocycles. The Hall–Kier alpha value is -1.08. The molecule has 4 heteroatoms. The van der Waals surface area contributed by atoms with Crippen molar-refractivity contribution in [3.05, 3.63) is 0 Å². The monoisotopic (exact) mass is 279 g/mol. The van der Waals surface area contributed by atoms with E-state index >= 15 is 0 Å². The molecule has 1 heterocycles. The van der Waals surface area contributed by atoms with Gasteiger partial charge in [0.25, 0.3) is 0 Å². The minimum Gasteiger partial charge on any atom is -0.343 e. The maximum atomic E-state index is 12.8. The van der Waals surface area contributed by atoms with Gasteiger partial charge in [0.2, 0.25) is 5.91 Å². The average Bonchev–Trinajstić information content (AvgIpc) is 2.83. The fourth-order valence-electron chi connectivity index (χ4n) is 3.33. The fourth-order valence-corrected chi connectivity index (χ4v) is 3.33. The van der Waals surface area contributed by atoms with E-state index in [0.29, 0.717) is 18.9 Å². The van der Waals surface area contributed by atoms with Crippen LogP contribution in [0.2, 0.25) is 0 Å². The Labute approximate surface area is 123 Å².